The Morgan fingerprint density at radius 2 is 2.30 bits per heavy atom. The molecule has 7 heteroatoms. The first kappa shape index (κ1) is 15.6. The van der Waals surface area contributed by atoms with Crippen molar-refractivity contribution < 1.29 is 13.9 Å². The molecule has 0 radical (unpaired) electrons. The molecule has 0 bridgehead atoms. The molecule has 2 aromatic rings. The number of imidazole rings is 1. The van der Waals surface area contributed by atoms with Gasteiger partial charge in [-0.25, -0.2) is 9.78 Å². The van der Waals surface area contributed by atoms with E-state index >= 15 is 0 Å². The quantitative estimate of drug-likeness (QED) is 0.905. The SMILES string of the molecule is Cc1ccc(C(C)NC(=O)N[C@H]2CCO[C@@H]2c2nccn2C)o1. The summed E-state index contributed by atoms with van der Waals surface area (Å²) >= 11 is 0. The van der Waals surface area contributed by atoms with Gasteiger partial charge in [-0.2, -0.15) is 0 Å². The molecule has 0 saturated carbocycles. The first-order valence-corrected chi connectivity index (χ1v) is 7.77. The van der Waals surface area contributed by atoms with Crippen LogP contribution in [0.3, 0.4) is 0 Å². The summed E-state index contributed by atoms with van der Waals surface area (Å²) in [6.45, 7) is 4.37. The molecule has 1 aliphatic heterocycles. The van der Waals surface area contributed by atoms with Gasteiger partial charge in [-0.15, -0.1) is 0 Å². The lowest BCUT2D eigenvalue weighted by Gasteiger charge is -2.21. The van der Waals surface area contributed by atoms with Crippen LogP contribution in [0, 0.1) is 6.92 Å². The highest BCUT2D eigenvalue weighted by Crippen LogP contribution is 2.27. The molecule has 23 heavy (non-hydrogen) atoms. The third kappa shape index (κ3) is 3.39. The lowest BCUT2D eigenvalue weighted by atomic mass is 10.1. The molecule has 1 fully saturated rings. The molecule has 0 aromatic carbocycles. The van der Waals surface area contributed by atoms with E-state index in [4.69, 9.17) is 9.15 Å². The summed E-state index contributed by atoms with van der Waals surface area (Å²) in [5.74, 6) is 2.39. The number of rotatable bonds is 4. The summed E-state index contributed by atoms with van der Waals surface area (Å²) in [5.41, 5.74) is 0. The number of hydrogen-bond donors (Lipinski definition) is 2. The monoisotopic (exact) mass is 318 g/mol. The number of nitrogens with one attached hydrogen (secondary N) is 2. The van der Waals surface area contributed by atoms with Crippen LogP contribution in [0.25, 0.3) is 0 Å². The van der Waals surface area contributed by atoms with Gasteiger partial charge >= 0.3 is 6.03 Å². The average molecular weight is 318 g/mol. The fourth-order valence-electron chi connectivity index (χ4n) is 2.81. The van der Waals surface area contributed by atoms with E-state index in [1.54, 1.807) is 6.20 Å². The second-order valence-corrected chi connectivity index (χ2v) is 5.87. The van der Waals surface area contributed by atoms with Crippen molar-refractivity contribution in [1.82, 2.24) is 20.2 Å². The fraction of sp³-hybridized carbons (Fsp3) is 0.500. The maximum absolute atomic E-state index is 12.2. The van der Waals surface area contributed by atoms with Gasteiger partial charge in [0.1, 0.15) is 23.4 Å². The van der Waals surface area contributed by atoms with Crippen LogP contribution in [0.4, 0.5) is 4.79 Å². The zero-order valence-corrected chi connectivity index (χ0v) is 13.6. The Hall–Kier alpha value is -2.28. The van der Waals surface area contributed by atoms with E-state index in [9.17, 15) is 4.79 Å². The van der Waals surface area contributed by atoms with Crippen LogP contribution in [0.5, 0.6) is 0 Å². The molecule has 3 heterocycles. The highest BCUT2D eigenvalue weighted by atomic mass is 16.5. The Kier molecular flexibility index (Phi) is 4.38. The summed E-state index contributed by atoms with van der Waals surface area (Å²) in [6.07, 6.45) is 4.14. The van der Waals surface area contributed by atoms with Crippen LogP contribution < -0.4 is 10.6 Å². The fourth-order valence-corrected chi connectivity index (χ4v) is 2.81. The van der Waals surface area contributed by atoms with Crippen LogP contribution in [-0.2, 0) is 11.8 Å². The first-order valence-electron chi connectivity index (χ1n) is 7.77. The van der Waals surface area contributed by atoms with E-state index < -0.39 is 0 Å². The predicted octanol–water partition coefficient (Wildman–Crippen LogP) is 2.21. The van der Waals surface area contributed by atoms with Crippen LogP contribution in [0.1, 0.15) is 42.8 Å². The van der Waals surface area contributed by atoms with Gasteiger partial charge in [0.05, 0.1) is 12.1 Å². The topological polar surface area (TPSA) is 81.3 Å². The molecule has 0 spiro atoms. The van der Waals surface area contributed by atoms with E-state index in [0.717, 1.165) is 23.8 Å². The molecule has 0 aliphatic carbocycles. The highest BCUT2D eigenvalue weighted by molar-refractivity contribution is 5.74. The lowest BCUT2D eigenvalue weighted by molar-refractivity contribution is 0.0907. The van der Waals surface area contributed by atoms with E-state index in [2.05, 4.69) is 15.6 Å². The molecule has 7 nitrogen and oxygen atoms in total. The zero-order valence-electron chi connectivity index (χ0n) is 13.6. The normalized spacial score (nSPS) is 22.0. The van der Waals surface area contributed by atoms with Crippen molar-refractivity contribution in [2.45, 2.75) is 38.5 Å². The molecule has 3 rings (SSSR count). The Morgan fingerprint density at radius 3 is 2.96 bits per heavy atom. The van der Waals surface area contributed by atoms with Crippen molar-refractivity contribution in [3.05, 3.63) is 41.9 Å². The molecule has 3 atom stereocenters. The van der Waals surface area contributed by atoms with E-state index in [1.165, 1.54) is 0 Å². The zero-order chi connectivity index (χ0) is 16.4. The second-order valence-electron chi connectivity index (χ2n) is 5.87. The maximum Gasteiger partial charge on any atom is 0.315 e. The molecule has 2 N–H and O–H groups in total. The Labute approximate surface area is 135 Å². The number of aromatic nitrogens is 2. The molecule has 1 saturated heterocycles. The molecule has 1 unspecified atom stereocenters. The van der Waals surface area contributed by atoms with Gasteiger partial charge in [-0.05, 0) is 32.4 Å². The van der Waals surface area contributed by atoms with E-state index in [0.29, 0.717) is 6.61 Å². The van der Waals surface area contributed by atoms with Crippen molar-refractivity contribution in [1.29, 1.82) is 0 Å². The van der Waals surface area contributed by atoms with E-state index in [-0.39, 0.29) is 24.2 Å². The molecular weight excluding hydrogens is 296 g/mol. The second kappa shape index (κ2) is 6.45. The summed E-state index contributed by atoms with van der Waals surface area (Å²) in [4.78, 5) is 16.6. The van der Waals surface area contributed by atoms with Crippen LogP contribution in [0.15, 0.2) is 28.9 Å². The maximum atomic E-state index is 12.2. The van der Waals surface area contributed by atoms with Gasteiger partial charge in [0, 0.05) is 26.0 Å². The Balaban J connectivity index is 1.60. The molecule has 2 amide bonds. The number of hydrogen-bond acceptors (Lipinski definition) is 4. The lowest BCUT2D eigenvalue weighted by Crippen LogP contribution is -2.44. The Morgan fingerprint density at radius 1 is 1.48 bits per heavy atom. The first-order chi connectivity index (χ1) is 11.0. The standard InChI is InChI=1S/C16H22N4O3/c1-10-4-5-13(23-10)11(2)18-16(21)19-12-6-9-22-14(12)15-17-7-8-20(15)3/h4-5,7-8,11-12,14H,6,9H2,1-3H3,(H2,18,19,21)/t11?,12-,14-/m0/s1. The van der Waals surface area contributed by atoms with Gasteiger partial charge in [0.25, 0.3) is 0 Å². The third-order valence-corrected chi connectivity index (χ3v) is 4.06. The molecule has 124 valence electrons. The Bertz CT molecular complexity index is 678. The van der Waals surface area contributed by atoms with Gasteiger partial charge in [-0.3, -0.25) is 0 Å². The number of urea groups is 1. The van der Waals surface area contributed by atoms with Crippen molar-refractivity contribution >= 4 is 6.03 Å². The summed E-state index contributed by atoms with van der Waals surface area (Å²) in [6, 6.07) is 3.23. The molecule has 1 aliphatic rings. The van der Waals surface area contributed by atoms with Crippen LogP contribution in [-0.4, -0.2) is 28.2 Å². The number of carbonyl (C=O) groups is 1. The number of nitrogens with zero attached hydrogens (tertiary/aromatic N) is 2. The average Bonchev–Trinajstić information content (AvgIpc) is 3.20. The number of aryl methyl sites for hydroxylation is 2. The number of carbonyl (C=O) groups excluding carboxylic acids is 1. The van der Waals surface area contributed by atoms with Crippen molar-refractivity contribution in [3.8, 4) is 0 Å². The third-order valence-electron chi connectivity index (χ3n) is 4.06. The van der Waals surface area contributed by atoms with Crippen molar-refractivity contribution in [2.75, 3.05) is 6.61 Å². The minimum absolute atomic E-state index is 0.0957. The highest BCUT2D eigenvalue weighted by Gasteiger charge is 2.33. The van der Waals surface area contributed by atoms with Crippen molar-refractivity contribution in [2.24, 2.45) is 7.05 Å². The summed E-state index contributed by atoms with van der Waals surface area (Å²) < 4.78 is 13.2. The smallest absolute Gasteiger partial charge is 0.315 e. The minimum atomic E-state index is -0.235. The minimum Gasteiger partial charge on any atom is -0.464 e. The largest absolute Gasteiger partial charge is 0.464 e. The number of furan rings is 1. The summed E-state index contributed by atoms with van der Waals surface area (Å²) in [5, 5.41) is 5.87. The van der Waals surface area contributed by atoms with Gasteiger partial charge in [0.15, 0.2) is 0 Å². The van der Waals surface area contributed by atoms with Crippen LogP contribution >= 0.6 is 0 Å². The number of ether oxygens (including phenoxy) is 1. The van der Waals surface area contributed by atoms with Gasteiger partial charge in [-0.1, -0.05) is 0 Å². The predicted molar refractivity (Wildman–Crippen MR) is 83.8 cm³/mol. The summed E-state index contributed by atoms with van der Waals surface area (Å²) in [7, 11) is 1.92. The van der Waals surface area contributed by atoms with Gasteiger partial charge < -0.3 is 24.4 Å². The molecular formula is C16H22N4O3. The van der Waals surface area contributed by atoms with E-state index in [1.807, 2.05) is 43.8 Å². The van der Waals surface area contributed by atoms with Crippen LogP contribution in [0.2, 0.25) is 0 Å². The van der Waals surface area contributed by atoms with Crippen molar-refractivity contribution in [3.63, 3.8) is 0 Å². The van der Waals surface area contributed by atoms with Gasteiger partial charge in [0.2, 0.25) is 0 Å². The molecule has 2 aromatic heterocycles. The number of amides is 2.